The lowest BCUT2D eigenvalue weighted by Gasteiger charge is -2.08. The van der Waals surface area contributed by atoms with E-state index in [4.69, 9.17) is 4.74 Å². The third-order valence-corrected chi connectivity index (χ3v) is 2.27. The third-order valence-electron chi connectivity index (χ3n) is 2.27. The van der Waals surface area contributed by atoms with Crippen LogP contribution >= 0.6 is 0 Å². The maximum atomic E-state index is 12.5. The number of carbonyl (C=O) groups excluding carboxylic acids is 1. The van der Waals surface area contributed by atoms with Crippen molar-refractivity contribution in [1.82, 2.24) is 5.32 Å². The van der Waals surface area contributed by atoms with Crippen molar-refractivity contribution < 1.29 is 22.7 Å². The molecule has 0 fully saturated rings. The summed E-state index contributed by atoms with van der Waals surface area (Å²) in [5, 5.41) is 2.51. The van der Waals surface area contributed by atoms with Crippen molar-refractivity contribution in [2.45, 2.75) is 13.1 Å². The van der Waals surface area contributed by atoms with Gasteiger partial charge in [-0.25, -0.2) is 0 Å². The lowest BCUT2D eigenvalue weighted by molar-refractivity contribution is -0.137. The molecule has 1 rings (SSSR count). The molecule has 0 aliphatic rings. The number of halogens is 3. The highest BCUT2D eigenvalue weighted by Crippen LogP contribution is 2.31. The van der Waals surface area contributed by atoms with Crippen molar-refractivity contribution in [3.8, 4) is 17.6 Å². The average Bonchev–Trinajstić information content (AvgIpc) is 2.42. The summed E-state index contributed by atoms with van der Waals surface area (Å²) in [5.74, 6) is 5.06. The van der Waals surface area contributed by atoms with Gasteiger partial charge >= 0.3 is 6.18 Å². The van der Waals surface area contributed by atoms with Gasteiger partial charge in [0.2, 0.25) is 5.91 Å². The highest BCUT2D eigenvalue weighted by atomic mass is 19.4. The van der Waals surface area contributed by atoms with Gasteiger partial charge in [0, 0.05) is 0 Å². The standard InChI is InChI=1S/C15H14F3NO2/c1-2-6-14(20)19-9-3-4-10-21-13-8-5-7-12(11-13)15(16,17)18/h2,5-8,11H,9-10H2,1H3,(H,19,20). The predicted molar refractivity (Wildman–Crippen MR) is 72.5 cm³/mol. The summed E-state index contributed by atoms with van der Waals surface area (Å²) in [6.07, 6.45) is -1.44. The quantitative estimate of drug-likeness (QED) is 0.685. The van der Waals surface area contributed by atoms with Gasteiger partial charge in [-0.05, 0) is 31.2 Å². The molecule has 0 atom stereocenters. The summed E-state index contributed by atoms with van der Waals surface area (Å²) in [6.45, 7) is 1.81. The van der Waals surface area contributed by atoms with Crippen LogP contribution in [0.25, 0.3) is 0 Å². The van der Waals surface area contributed by atoms with Gasteiger partial charge < -0.3 is 10.1 Å². The number of carbonyl (C=O) groups is 1. The predicted octanol–water partition coefficient (Wildman–Crippen LogP) is 2.78. The van der Waals surface area contributed by atoms with Gasteiger partial charge in [0.1, 0.15) is 12.4 Å². The molecule has 0 heterocycles. The van der Waals surface area contributed by atoms with E-state index in [0.29, 0.717) is 0 Å². The van der Waals surface area contributed by atoms with Gasteiger partial charge in [0.25, 0.3) is 0 Å². The third kappa shape index (κ3) is 6.52. The normalized spacial score (nSPS) is 10.9. The zero-order chi connectivity index (χ0) is 15.7. The van der Waals surface area contributed by atoms with Crippen molar-refractivity contribution in [2.75, 3.05) is 13.2 Å². The summed E-state index contributed by atoms with van der Waals surface area (Å²) in [4.78, 5) is 11.0. The molecule has 0 aromatic heterocycles. The molecule has 0 saturated carbocycles. The van der Waals surface area contributed by atoms with Crippen LogP contribution in [0.3, 0.4) is 0 Å². The molecule has 1 N–H and O–H groups in total. The summed E-state index contributed by atoms with van der Waals surface area (Å²) in [6, 6.07) is 4.57. The zero-order valence-electron chi connectivity index (χ0n) is 11.3. The van der Waals surface area contributed by atoms with Crippen molar-refractivity contribution in [1.29, 1.82) is 0 Å². The number of rotatable bonds is 4. The molecule has 6 heteroatoms. The number of alkyl halides is 3. The first-order valence-corrected chi connectivity index (χ1v) is 6.10. The van der Waals surface area contributed by atoms with Gasteiger partial charge in [-0.3, -0.25) is 4.79 Å². The largest absolute Gasteiger partial charge is 0.481 e. The maximum Gasteiger partial charge on any atom is 0.416 e. The molecule has 112 valence electrons. The van der Waals surface area contributed by atoms with Crippen LogP contribution in [0.4, 0.5) is 13.2 Å². The van der Waals surface area contributed by atoms with Crippen LogP contribution in [0.5, 0.6) is 5.75 Å². The van der Waals surface area contributed by atoms with Crippen LogP contribution in [0.1, 0.15) is 12.5 Å². The Morgan fingerprint density at radius 2 is 2.14 bits per heavy atom. The fourth-order valence-corrected chi connectivity index (χ4v) is 1.34. The van der Waals surface area contributed by atoms with Gasteiger partial charge in [0.05, 0.1) is 12.1 Å². The molecule has 1 amide bonds. The van der Waals surface area contributed by atoms with E-state index in [9.17, 15) is 18.0 Å². The number of benzene rings is 1. The second-order valence-electron chi connectivity index (χ2n) is 3.89. The Kier molecular flexibility index (Phi) is 6.34. The van der Waals surface area contributed by atoms with E-state index in [2.05, 4.69) is 17.2 Å². The van der Waals surface area contributed by atoms with E-state index in [-0.39, 0.29) is 24.8 Å². The van der Waals surface area contributed by atoms with E-state index in [1.807, 2.05) is 0 Å². The molecule has 0 spiro atoms. The highest BCUT2D eigenvalue weighted by Gasteiger charge is 2.30. The number of nitrogens with one attached hydrogen (secondary N) is 1. The average molecular weight is 297 g/mol. The summed E-state index contributed by atoms with van der Waals surface area (Å²) < 4.78 is 42.5. The number of ether oxygens (including phenoxy) is 1. The fourth-order valence-electron chi connectivity index (χ4n) is 1.34. The summed E-state index contributed by atoms with van der Waals surface area (Å²) in [5.41, 5.74) is -0.772. The van der Waals surface area contributed by atoms with E-state index >= 15 is 0 Å². The van der Waals surface area contributed by atoms with Gasteiger partial charge in [-0.15, -0.1) is 0 Å². The smallest absolute Gasteiger partial charge is 0.416 e. The van der Waals surface area contributed by atoms with E-state index in [1.165, 1.54) is 18.2 Å². The van der Waals surface area contributed by atoms with Crippen molar-refractivity contribution in [3.63, 3.8) is 0 Å². The van der Waals surface area contributed by atoms with Crippen molar-refractivity contribution in [3.05, 3.63) is 42.0 Å². The second kappa shape index (κ2) is 8.00. The first kappa shape index (κ1) is 16.6. The molecule has 0 aliphatic heterocycles. The Labute approximate surface area is 120 Å². The summed E-state index contributed by atoms with van der Waals surface area (Å²) in [7, 11) is 0. The first-order chi connectivity index (χ1) is 9.93. The fraction of sp³-hybridized carbons (Fsp3) is 0.267. The van der Waals surface area contributed by atoms with E-state index in [0.717, 1.165) is 12.1 Å². The maximum absolute atomic E-state index is 12.5. The lowest BCUT2D eigenvalue weighted by atomic mass is 10.2. The van der Waals surface area contributed by atoms with Crippen LogP contribution in [-0.2, 0) is 11.0 Å². The SMILES string of the molecule is CC=CC(=O)NCC#CCOc1cccc(C(F)(F)F)c1. The molecular weight excluding hydrogens is 283 g/mol. The molecule has 0 saturated heterocycles. The minimum absolute atomic E-state index is 0.0548. The van der Waals surface area contributed by atoms with Crippen molar-refractivity contribution in [2.24, 2.45) is 0 Å². The molecule has 0 radical (unpaired) electrons. The Morgan fingerprint density at radius 3 is 2.81 bits per heavy atom. The minimum atomic E-state index is -4.40. The molecule has 1 aromatic carbocycles. The van der Waals surface area contributed by atoms with Crippen LogP contribution in [0.2, 0.25) is 0 Å². The first-order valence-electron chi connectivity index (χ1n) is 6.10. The molecule has 3 nitrogen and oxygen atoms in total. The Hall–Kier alpha value is -2.42. The zero-order valence-corrected chi connectivity index (χ0v) is 11.3. The van der Waals surface area contributed by atoms with Gasteiger partial charge in [-0.1, -0.05) is 24.0 Å². The molecular formula is C15H14F3NO2. The number of allylic oxidation sites excluding steroid dienone is 1. The van der Waals surface area contributed by atoms with Crippen molar-refractivity contribution >= 4 is 5.91 Å². The number of hydrogen-bond acceptors (Lipinski definition) is 2. The minimum Gasteiger partial charge on any atom is -0.481 e. The Balaban J connectivity index is 2.42. The molecule has 0 unspecified atom stereocenters. The van der Waals surface area contributed by atoms with E-state index < -0.39 is 11.7 Å². The second-order valence-corrected chi connectivity index (χ2v) is 3.89. The lowest BCUT2D eigenvalue weighted by Crippen LogP contribution is -2.21. The van der Waals surface area contributed by atoms with E-state index in [1.54, 1.807) is 13.0 Å². The van der Waals surface area contributed by atoms with Crippen LogP contribution in [-0.4, -0.2) is 19.1 Å². The summed E-state index contributed by atoms with van der Waals surface area (Å²) >= 11 is 0. The van der Waals surface area contributed by atoms with Gasteiger partial charge in [-0.2, -0.15) is 13.2 Å². The van der Waals surface area contributed by atoms with Crippen LogP contribution in [0.15, 0.2) is 36.4 Å². The molecule has 0 aliphatic carbocycles. The van der Waals surface area contributed by atoms with Crippen LogP contribution < -0.4 is 10.1 Å². The number of amides is 1. The molecule has 21 heavy (non-hydrogen) atoms. The Bertz CT molecular complexity index is 568. The number of hydrogen-bond donors (Lipinski definition) is 1. The molecule has 0 bridgehead atoms. The molecule has 1 aromatic rings. The monoisotopic (exact) mass is 297 g/mol. The Morgan fingerprint density at radius 1 is 1.38 bits per heavy atom. The van der Waals surface area contributed by atoms with Gasteiger partial charge in [0.15, 0.2) is 0 Å². The highest BCUT2D eigenvalue weighted by molar-refractivity contribution is 5.87. The van der Waals surface area contributed by atoms with Crippen LogP contribution in [0, 0.1) is 11.8 Å². The topological polar surface area (TPSA) is 38.3 Å².